The van der Waals surface area contributed by atoms with Gasteiger partial charge in [0, 0.05) is 30.9 Å². The second-order valence-corrected chi connectivity index (χ2v) is 4.50. The highest BCUT2D eigenvalue weighted by atomic mass is 16.5. The Kier molecular flexibility index (Phi) is 3.33. The summed E-state index contributed by atoms with van der Waals surface area (Å²) in [5, 5.41) is 0. The lowest BCUT2D eigenvalue weighted by Crippen LogP contribution is -1.97. The molecule has 1 aromatic carbocycles. The van der Waals surface area contributed by atoms with Crippen LogP contribution in [0.25, 0.3) is 11.1 Å². The lowest BCUT2D eigenvalue weighted by molar-refractivity contribution is 0.297. The summed E-state index contributed by atoms with van der Waals surface area (Å²) < 4.78 is 11.3. The number of fused-ring (bicyclic) bond motifs is 1. The molecule has 0 radical (unpaired) electrons. The third kappa shape index (κ3) is 2.53. The van der Waals surface area contributed by atoms with E-state index in [1.165, 1.54) is 0 Å². The Morgan fingerprint density at radius 1 is 1.00 bits per heavy atom. The van der Waals surface area contributed by atoms with Gasteiger partial charge in [-0.05, 0) is 29.3 Å². The minimum absolute atomic E-state index is 0.491. The van der Waals surface area contributed by atoms with Gasteiger partial charge in [-0.25, -0.2) is 0 Å². The van der Waals surface area contributed by atoms with Crippen molar-refractivity contribution < 1.29 is 9.47 Å². The van der Waals surface area contributed by atoms with Crippen molar-refractivity contribution in [3.8, 4) is 22.6 Å². The zero-order valence-corrected chi connectivity index (χ0v) is 10.6. The van der Waals surface area contributed by atoms with Gasteiger partial charge in [-0.2, -0.15) is 0 Å². The maximum absolute atomic E-state index is 5.70. The largest absolute Gasteiger partial charge is 0.490 e. The van der Waals surface area contributed by atoms with Gasteiger partial charge in [-0.1, -0.05) is 6.07 Å². The van der Waals surface area contributed by atoms with Crippen LogP contribution >= 0.6 is 0 Å². The van der Waals surface area contributed by atoms with Crippen LogP contribution in [0, 0.1) is 0 Å². The highest BCUT2D eigenvalue weighted by Crippen LogP contribution is 2.34. The molecule has 0 saturated heterocycles. The van der Waals surface area contributed by atoms with Gasteiger partial charge in [0.05, 0.1) is 13.2 Å². The predicted molar refractivity (Wildman–Crippen MR) is 73.2 cm³/mol. The smallest absolute Gasteiger partial charge is 0.161 e. The van der Waals surface area contributed by atoms with Crippen molar-refractivity contribution in [1.82, 2.24) is 4.98 Å². The minimum atomic E-state index is 0.491. The Hall–Kier alpha value is -2.07. The molecule has 1 aliphatic rings. The first kappa shape index (κ1) is 12.0. The third-order valence-corrected chi connectivity index (χ3v) is 3.11. The van der Waals surface area contributed by atoms with Crippen LogP contribution in [0.3, 0.4) is 0 Å². The lowest BCUT2D eigenvalue weighted by Gasteiger charge is -2.09. The van der Waals surface area contributed by atoms with E-state index in [4.69, 9.17) is 15.2 Å². The number of nitrogens with zero attached hydrogens (tertiary/aromatic N) is 1. The molecule has 2 heterocycles. The number of nitrogens with two attached hydrogens (primary N) is 1. The fraction of sp³-hybridized carbons (Fsp3) is 0.267. The van der Waals surface area contributed by atoms with Crippen LogP contribution in [-0.2, 0) is 6.54 Å². The number of benzene rings is 1. The molecule has 0 spiro atoms. The highest BCUT2D eigenvalue weighted by Gasteiger charge is 2.11. The first-order chi connectivity index (χ1) is 9.36. The number of hydrogen-bond donors (Lipinski definition) is 1. The molecule has 0 amide bonds. The van der Waals surface area contributed by atoms with E-state index in [0.29, 0.717) is 19.8 Å². The molecule has 0 fully saturated rings. The molecule has 2 N–H and O–H groups in total. The van der Waals surface area contributed by atoms with Gasteiger partial charge in [-0.15, -0.1) is 0 Å². The Morgan fingerprint density at radius 2 is 1.84 bits per heavy atom. The quantitative estimate of drug-likeness (QED) is 0.896. The second-order valence-electron chi connectivity index (χ2n) is 4.50. The van der Waals surface area contributed by atoms with Crippen LogP contribution in [-0.4, -0.2) is 18.2 Å². The fourth-order valence-corrected chi connectivity index (χ4v) is 2.10. The highest BCUT2D eigenvalue weighted by molar-refractivity contribution is 5.67. The zero-order valence-electron chi connectivity index (χ0n) is 10.6. The van der Waals surface area contributed by atoms with E-state index < -0.39 is 0 Å². The van der Waals surface area contributed by atoms with Crippen molar-refractivity contribution in [2.24, 2.45) is 5.73 Å². The van der Waals surface area contributed by atoms with Crippen molar-refractivity contribution in [2.75, 3.05) is 13.2 Å². The van der Waals surface area contributed by atoms with E-state index in [1.807, 2.05) is 30.5 Å². The summed E-state index contributed by atoms with van der Waals surface area (Å²) in [4.78, 5) is 4.21. The van der Waals surface area contributed by atoms with E-state index in [9.17, 15) is 0 Å². The van der Waals surface area contributed by atoms with E-state index >= 15 is 0 Å². The number of rotatable bonds is 2. The predicted octanol–water partition coefficient (Wildman–Crippen LogP) is 2.37. The third-order valence-electron chi connectivity index (χ3n) is 3.11. The van der Waals surface area contributed by atoms with Gasteiger partial charge >= 0.3 is 0 Å². The molecule has 0 bridgehead atoms. The summed E-state index contributed by atoms with van der Waals surface area (Å²) in [7, 11) is 0. The van der Waals surface area contributed by atoms with E-state index in [0.717, 1.165) is 34.6 Å². The van der Waals surface area contributed by atoms with E-state index in [1.54, 1.807) is 6.20 Å². The molecular weight excluding hydrogens is 240 g/mol. The van der Waals surface area contributed by atoms with E-state index in [-0.39, 0.29) is 0 Å². The first-order valence-electron chi connectivity index (χ1n) is 6.41. The van der Waals surface area contributed by atoms with Gasteiger partial charge in [-0.3, -0.25) is 4.98 Å². The van der Waals surface area contributed by atoms with Crippen molar-refractivity contribution >= 4 is 0 Å². The standard InChI is InChI=1S/C15H16N2O2/c16-8-11-6-13(10-17-9-11)12-2-3-14-15(7-12)19-5-1-4-18-14/h2-3,6-7,9-10H,1,4-5,8,16H2. The van der Waals surface area contributed by atoms with Crippen LogP contribution in [0.2, 0.25) is 0 Å². The molecule has 0 saturated carbocycles. The average molecular weight is 256 g/mol. The number of ether oxygens (including phenoxy) is 2. The van der Waals surface area contributed by atoms with Crippen molar-refractivity contribution in [1.29, 1.82) is 0 Å². The molecule has 0 aliphatic carbocycles. The Morgan fingerprint density at radius 3 is 2.68 bits per heavy atom. The van der Waals surface area contributed by atoms with Gasteiger partial charge in [0.1, 0.15) is 0 Å². The Labute approximate surface area is 112 Å². The average Bonchev–Trinajstić information content (AvgIpc) is 2.71. The molecule has 1 aromatic heterocycles. The summed E-state index contributed by atoms with van der Waals surface area (Å²) in [5.41, 5.74) is 8.76. The number of hydrogen-bond acceptors (Lipinski definition) is 4. The van der Waals surface area contributed by atoms with Crippen LogP contribution in [0.4, 0.5) is 0 Å². The molecule has 3 rings (SSSR count). The molecule has 98 valence electrons. The van der Waals surface area contributed by atoms with Gasteiger partial charge < -0.3 is 15.2 Å². The summed E-state index contributed by atoms with van der Waals surface area (Å²) in [6.45, 7) is 1.89. The molecule has 19 heavy (non-hydrogen) atoms. The molecule has 0 unspecified atom stereocenters. The summed E-state index contributed by atoms with van der Waals surface area (Å²) >= 11 is 0. The lowest BCUT2D eigenvalue weighted by atomic mass is 10.1. The maximum atomic E-state index is 5.70. The summed E-state index contributed by atoms with van der Waals surface area (Å²) in [6, 6.07) is 8.01. The molecule has 4 nitrogen and oxygen atoms in total. The molecule has 0 atom stereocenters. The first-order valence-corrected chi connectivity index (χ1v) is 6.41. The Balaban J connectivity index is 1.98. The monoisotopic (exact) mass is 256 g/mol. The van der Waals surface area contributed by atoms with Crippen molar-refractivity contribution in [3.63, 3.8) is 0 Å². The summed E-state index contributed by atoms with van der Waals surface area (Å²) in [5.74, 6) is 1.61. The summed E-state index contributed by atoms with van der Waals surface area (Å²) in [6.07, 6.45) is 4.53. The molecule has 2 aromatic rings. The second kappa shape index (κ2) is 5.28. The molecule has 4 heteroatoms. The molecule has 1 aliphatic heterocycles. The van der Waals surface area contributed by atoms with Crippen LogP contribution < -0.4 is 15.2 Å². The van der Waals surface area contributed by atoms with Crippen molar-refractivity contribution in [3.05, 3.63) is 42.2 Å². The normalized spacial score (nSPS) is 13.9. The van der Waals surface area contributed by atoms with Gasteiger partial charge in [0.15, 0.2) is 11.5 Å². The topological polar surface area (TPSA) is 57.4 Å². The van der Waals surface area contributed by atoms with Crippen LogP contribution in [0.1, 0.15) is 12.0 Å². The van der Waals surface area contributed by atoms with Gasteiger partial charge in [0.25, 0.3) is 0 Å². The van der Waals surface area contributed by atoms with Crippen molar-refractivity contribution in [2.45, 2.75) is 13.0 Å². The molecular formula is C15H16N2O2. The van der Waals surface area contributed by atoms with Gasteiger partial charge in [0.2, 0.25) is 0 Å². The van der Waals surface area contributed by atoms with Crippen LogP contribution in [0.5, 0.6) is 11.5 Å². The maximum Gasteiger partial charge on any atom is 0.161 e. The SMILES string of the molecule is NCc1cncc(-c2ccc3c(c2)OCCCO3)c1. The zero-order chi connectivity index (χ0) is 13.1. The number of pyridine rings is 1. The van der Waals surface area contributed by atoms with E-state index in [2.05, 4.69) is 4.98 Å². The number of aromatic nitrogens is 1. The Bertz CT molecular complexity index is 584. The van der Waals surface area contributed by atoms with Crippen LogP contribution in [0.15, 0.2) is 36.7 Å². The minimum Gasteiger partial charge on any atom is -0.490 e. The fourth-order valence-electron chi connectivity index (χ4n) is 2.10.